The predicted octanol–water partition coefficient (Wildman–Crippen LogP) is 4.02. The molecular weight excluding hydrogens is 624 g/mol. The molecule has 0 saturated carbocycles. The van der Waals surface area contributed by atoms with Gasteiger partial charge in [-0.2, -0.15) is 0 Å². The molecule has 1 saturated heterocycles. The van der Waals surface area contributed by atoms with E-state index in [9.17, 15) is 14.4 Å². The molecule has 6 N–H and O–H groups in total. The van der Waals surface area contributed by atoms with Crippen LogP contribution in [0.25, 0.3) is 0 Å². The summed E-state index contributed by atoms with van der Waals surface area (Å²) < 4.78 is 17.3. The number of ether oxygens (including phenoxy) is 3. The minimum atomic E-state index is -0.344. The quantitative estimate of drug-likeness (QED) is 0.146. The lowest BCUT2D eigenvalue weighted by molar-refractivity contribution is -0.124. The highest BCUT2D eigenvalue weighted by Gasteiger charge is 2.26. The fourth-order valence-electron chi connectivity index (χ4n) is 5.67. The van der Waals surface area contributed by atoms with Gasteiger partial charge in [0.2, 0.25) is 5.91 Å². The topological polar surface area (TPSA) is 161 Å². The summed E-state index contributed by atoms with van der Waals surface area (Å²) in [5, 5.41) is 5.91. The number of methoxy groups -OCH3 is 1. The van der Waals surface area contributed by atoms with Crippen molar-refractivity contribution in [3.8, 4) is 11.5 Å². The number of rotatable bonds is 18. The third-order valence-corrected chi connectivity index (χ3v) is 8.48. The molecule has 1 aliphatic rings. The Morgan fingerprint density at radius 3 is 2.27 bits per heavy atom. The molecule has 12 heteroatoms. The third kappa shape index (κ3) is 11.0. The number of aryl methyl sites for hydroxylation is 1. The molecule has 0 aliphatic carbocycles. The summed E-state index contributed by atoms with van der Waals surface area (Å²) in [4.78, 5) is 43.3. The van der Waals surface area contributed by atoms with Gasteiger partial charge in [-0.1, -0.05) is 18.2 Å². The molecule has 1 unspecified atom stereocenters. The Hall–Kier alpha value is -4.49. The minimum Gasteiger partial charge on any atom is -0.493 e. The van der Waals surface area contributed by atoms with E-state index in [0.29, 0.717) is 72.2 Å². The van der Waals surface area contributed by atoms with Crippen LogP contribution in [0.4, 0.5) is 11.4 Å². The Bertz CT molecular complexity index is 1560. The highest BCUT2D eigenvalue weighted by atomic mass is 16.5. The number of hydrogen-bond acceptors (Lipinski definition) is 9. The van der Waals surface area contributed by atoms with Crippen molar-refractivity contribution in [2.75, 3.05) is 70.7 Å². The summed E-state index contributed by atoms with van der Waals surface area (Å²) >= 11 is 0. The van der Waals surface area contributed by atoms with Gasteiger partial charge >= 0.3 is 0 Å². The summed E-state index contributed by atoms with van der Waals surface area (Å²) in [5.74, 6) is 0.0664. The Kier molecular flexibility index (Phi) is 14.4. The van der Waals surface area contributed by atoms with Gasteiger partial charge in [-0.3, -0.25) is 19.3 Å². The van der Waals surface area contributed by atoms with Gasteiger partial charge in [0.25, 0.3) is 11.8 Å². The van der Waals surface area contributed by atoms with Crippen LogP contribution < -0.4 is 31.6 Å². The first-order valence-electron chi connectivity index (χ1n) is 16.8. The van der Waals surface area contributed by atoms with Crippen molar-refractivity contribution in [3.63, 3.8) is 0 Å². The maximum absolute atomic E-state index is 13.4. The van der Waals surface area contributed by atoms with Crippen molar-refractivity contribution in [1.29, 1.82) is 0 Å². The SMILES string of the molecule is COCc1cc(C(=O)Nc2ccc(C)cc2OCCCCC(C(N)=O)N2CCN(C)CC2)ccc1NC(=O)c1ccccc1OCCCN. The lowest BCUT2D eigenvalue weighted by atomic mass is 10.1. The van der Waals surface area contributed by atoms with Crippen molar-refractivity contribution < 1.29 is 28.6 Å². The fourth-order valence-corrected chi connectivity index (χ4v) is 5.67. The molecule has 49 heavy (non-hydrogen) atoms. The van der Waals surface area contributed by atoms with Crippen molar-refractivity contribution in [2.24, 2.45) is 11.5 Å². The van der Waals surface area contributed by atoms with Crippen molar-refractivity contribution in [1.82, 2.24) is 9.80 Å². The Morgan fingerprint density at radius 1 is 0.837 bits per heavy atom. The summed E-state index contributed by atoms with van der Waals surface area (Å²) in [6.07, 6.45) is 2.86. The Balaban J connectivity index is 1.37. The van der Waals surface area contributed by atoms with Gasteiger partial charge in [0.15, 0.2) is 0 Å². The second-order valence-corrected chi connectivity index (χ2v) is 12.3. The van der Waals surface area contributed by atoms with E-state index in [4.69, 9.17) is 25.7 Å². The van der Waals surface area contributed by atoms with Crippen LogP contribution in [0.5, 0.6) is 11.5 Å². The van der Waals surface area contributed by atoms with Crippen LogP contribution in [0.2, 0.25) is 0 Å². The maximum atomic E-state index is 13.4. The molecule has 1 fully saturated rings. The van der Waals surface area contributed by atoms with Crippen LogP contribution in [0.1, 0.15) is 57.5 Å². The molecule has 1 heterocycles. The number of hydrogen-bond donors (Lipinski definition) is 4. The third-order valence-electron chi connectivity index (χ3n) is 8.48. The van der Waals surface area contributed by atoms with Crippen LogP contribution in [0.3, 0.4) is 0 Å². The number of anilines is 2. The number of nitrogens with one attached hydrogen (secondary N) is 2. The molecule has 1 atom stereocenters. The number of benzene rings is 3. The summed E-state index contributed by atoms with van der Waals surface area (Å²) in [6, 6.07) is 17.4. The number of nitrogens with two attached hydrogens (primary N) is 2. The minimum absolute atomic E-state index is 0.176. The lowest BCUT2D eigenvalue weighted by Crippen LogP contribution is -2.53. The van der Waals surface area contributed by atoms with E-state index >= 15 is 0 Å². The van der Waals surface area contributed by atoms with Crippen LogP contribution in [-0.4, -0.2) is 93.7 Å². The predicted molar refractivity (Wildman–Crippen MR) is 191 cm³/mol. The van der Waals surface area contributed by atoms with E-state index in [2.05, 4.69) is 27.5 Å². The van der Waals surface area contributed by atoms with Crippen LogP contribution >= 0.6 is 0 Å². The number of primary amides is 1. The van der Waals surface area contributed by atoms with Gasteiger partial charge < -0.3 is 41.2 Å². The zero-order chi connectivity index (χ0) is 35.2. The monoisotopic (exact) mass is 674 g/mol. The summed E-state index contributed by atoms with van der Waals surface area (Å²) in [5.41, 5.74) is 14.8. The molecule has 0 bridgehead atoms. The number of nitrogens with zero attached hydrogens (tertiary/aromatic N) is 2. The molecule has 1 aliphatic heterocycles. The molecule has 3 aromatic carbocycles. The highest BCUT2D eigenvalue weighted by molar-refractivity contribution is 6.08. The number of piperazine rings is 1. The summed E-state index contributed by atoms with van der Waals surface area (Å²) in [7, 11) is 3.63. The molecule has 264 valence electrons. The van der Waals surface area contributed by atoms with Gasteiger partial charge in [-0.05, 0) is 94.2 Å². The van der Waals surface area contributed by atoms with Gasteiger partial charge in [0, 0.05) is 50.1 Å². The molecule has 0 radical (unpaired) electrons. The smallest absolute Gasteiger partial charge is 0.259 e. The Morgan fingerprint density at radius 2 is 1.53 bits per heavy atom. The molecular formula is C37H50N6O6. The molecule has 4 rings (SSSR count). The first kappa shape index (κ1) is 37.3. The number of para-hydroxylation sites is 1. The van der Waals surface area contributed by atoms with Crippen LogP contribution in [0.15, 0.2) is 60.7 Å². The van der Waals surface area contributed by atoms with E-state index in [1.165, 1.54) is 0 Å². The average molecular weight is 675 g/mol. The van der Waals surface area contributed by atoms with E-state index in [1.807, 2.05) is 25.1 Å². The Labute approximate surface area is 289 Å². The molecule has 3 amide bonds. The normalized spacial score (nSPS) is 14.2. The molecule has 0 spiro atoms. The van der Waals surface area contributed by atoms with Crippen LogP contribution in [0, 0.1) is 6.92 Å². The molecule has 12 nitrogen and oxygen atoms in total. The molecule has 3 aromatic rings. The average Bonchev–Trinajstić information content (AvgIpc) is 3.09. The number of unbranched alkanes of at least 4 members (excludes halogenated alkanes) is 1. The van der Waals surface area contributed by atoms with Gasteiger partial charge in [-0.15, -0.1) is 0 Å². The first-order chi connectivity index (χ1) is 23.7. The van der Waals surface area contributed by atoms with E-state index in [-0.39, 0.29) is 30.4 Å². The van der Waals surface area contributed by atoms with Crippen molar-refractivity contribution in [2.45, 2.75) is 45.3 Å². The van der Waals surface area contributed by atoms with Gasteiger partial charge in [0.05, 0.1) is 37.1 Å². The van der Waals surface area contributed by atoms with Crippen molar-refractivity contribution >= 4 is 29.1 Å². The number of carbonyl (C=O) groups excluding carboxylic acids is 3. The standard InChI is InChI=1S/C37H50N6O6/c1-26-12-14-31(34(23-26)49-21-7-6-10-32(35(39)44)43-19-17-42(2)18-20-43)41-36(45)27-13-15-30(28(24-27)25-47-3)40-37(46)29-9-4-5-11-33(29)48-22-8-16-38/h4-5,9,11-15,23-24,32H,6-8,10,16-22,25,38H2,1-3H3,(H2,39,44)(H,40,46)(H,41,45). The second kappa shape index (κ2) is 18.9. The highest BCUT2D eigenvalue weighted by Crippen LogP contribution is 2.28. The number of carbonyl (C=O) groups is 3. The van der Waals surface area contributed by atoms with E-state index in [1.54, 1.807) is 49.6 Å². The fraction of sp³-hybridized carbons (Fsp3) is 0.432. The lowest BCUT2D eigenvalue weighted by Gasteiger charge is -2.36. The maximum Gasteiger partial charge on any atom is 0.259 e. The first-order valence-corrected chi connectivity index (χ1v) is 16.8. The van der Waals surface area contributed by atoms with Crippen LogP contribution in [-0.2, 0) is 16.1 Å². The summed E-state index contributed by atoms with van der Waals surface area (Å²) in [6.45, 7) is 6.96. The second-order valence-electron chi connectivity index (χ2n) is 12.3. The van der Waals surface area contributed by atoms with E-state index in [0.717, 1.165) is 44.6 Å². The van der Waals surface area contributed by atoms with Gasteiger partial charge in [0.1, 0.15) is 11.5 Å². The largest absolute Gasteiger partial charge is 0.493 e. The van der Waals surface area contributed by atoms with Gasteiger partial charge in [-0.25, -0.2) is 0 Å². The zero-order valence-electron chi connectivity index (χ0n) is 28.8. The number of likely N-dealkylation sites (N-methyl/N-ethyl adjacent to an activating group) is 1. The van der Waals surface area contributed by atoms with Crippen molar-refractivity contribution in [3.05, 3.63) is 82.9 Å². The van der Waals surface area contributed by atoms with E-state index < -0.39 is 0 Å². The molecule has 0 aromatic heterocycles. The zero-order valence-corrected chi connectivity index (χ0v) is 28.8. The number of amides is 3.